The standard InChI is InChI=1S/C11H22N2O2/c1-3-13-8-10(4-5-11(14)15)12-7-6-9(13)2/h9-10,12H,3-8H2,1-2H3,(H,14,15). The maximum Gasteiger partial charge on any atom is 0.303 e. The molecule has 0 amide bonds. The van der Waals surface area contributed by atoms with E-state index in [1.807, 2.05) is 0 Å². The zero-order valence-corrected chi connectivity index (χ0v) is 9.70. The van der Waals surface area contributed by atoms with Crippen LogP contribution in [0.2, 0.25) is 0 Å². The molecule has 1 saturated heterocycles. The van der Waals surface area contributed by atoms with Crippen LogP contribution in [0.5, 0.6) is 0 Å². The van der Waals surface area contributed by atoms with E-state index in [0.29, 0.717) is 12.1 Å². The number of carbonyl (C=O) groups is 1. The molecule has 15 heavy (non-hydrogen) atoms. The fraction of sp³-hybridized carbons (Fsp3) is 0.909. The zero-order chi connectivity index (χ0) is 11.3. The summed E-state index contributed by atoms with van der Waals surface area (Å²) in [7, 11) is 0. The fourth-order valence-corrected chi connectivity index (χ4v) is 2.14. The zero-order valence-electron chi connectivity index (χ0n) is 9.70. The van der Waals surface area contributed by atoms with Gasteiger partial charge in [0.15, 0.2) is 0 Å². The molecule has 1 aliphatic rings. The van der Waals surface area contributed by atoms with Gasteiger partial charge in [0.1, 0.15) is 0 Å². The van der Waals surface area contributed by atoms with Crippen molar-refractivity contribution >= 4 is 5.97 Å². The van der Waals surface area contributed by atoms with Crippen LogP contribution in [0, 0.1) is 0 Å². The lowest BCUT2D eigenvalue weighted by atomic mass is 10.1. The van der Waals surface area contributed by atoms with Crippen molar-refractivity contribution in [1.29, 1.82) is 0 Å². The minimum atomic E-state index is -0.697. The Kier molecular flexibility index (Phi) is 5.05. The number of nitrogens with zero attached hydrogens (tertiary/aromatic N) is 1. The maximum absolute atomic E-state index is 10.5. The molecule has 88 valence electrons. The van der Waals surface area contributed by atoms with Crippen LogP contribution in [0.25, 0.3) is 0 Å². The average Bonchev–Trinajstić information content (AvgIpc) is 2.37. The molecule has 0 saturated carbocycles. The smallest absolute Gasteiger partial charge is 0.303 e. The van der Waals surface area contributed by atoms with Gasteiger partial charge in [-0.15, -0.1) is 0 Å². The van der Waals surface area contributed by atoms with E-state index in [0.717, 1.165) is 32.5 Å². The first-order valence-corrected chi connectivity index (χ1v) is 5.82. The molecule has 0 aromatic rings. The molecule has 1 rings (SSSR count). The van der Waals surface area contributed by atoms with E-state index in [9.17, 15) is 4.79 Å². The highest BCUT2D eigenvalue weighted by Gasteiger charge is 2.21. The van der Waals surface area contributed by atoms with Gasteiger partial charge in [0, 0.05) is 25.0 Å². The number of hydrogen-bond acceptors (Lipinski definition) is 3. The third kappa shape index (κ3) is 4.18. The molecule has 4 heteroatoms. The lowest BCUT2D eigenvalue weighted by Crippen LogP contribution is -2.40. The highest BCUT2D eigenvalue weighted by atomic mass is 16.4. The minimum Gasteiger partial charge on any atom is -0.481 e. The molecule has 4 nitrogen and oxygen atoms in total. The monoisotopic (exact) mass is 214 g/mol. The Bertz CT molecular complexity index is 209. The Balaban J connectivity index is 2.41. The van der Waals surface area contributed by atoms with E-state index in [4.69, 9.17) is 5.11 Å². The van der Waals surface area contributed by atoms with Gasteiger partial charge in [-0.1, -0.05) is 6.92 Å². The molecule has 0 aromatic heterocycles. The van der Waals surface area contributed by atoms with Crippen LogP contribution in [-0.2, 0) is 4.79 Å². The van der Waals surface area contributed by atoms with Gasteiger partial charge < -0.3 is 10.4 Å². The average molecular weight is 214 g/mol. The van der Waals surface area contributed by atoms with Gasteiger partial charge >= 0.3 is 5.97 Å². The van der Waals surface area contributed by atoms with E-state index in [-0.39, 0.29) is 6.42 Å². The summed E-state index contributed by atoms with van der Waals surface area (Å²) in [5, 5.41) is 12.1. The van der Waals surface area contributed by atoms with Gasteiger partial charge in [0.2, 0.25) is 0 Å². The summed E-state index contributed by atoms with van der Waals surface area (Å²) in [6.45, 7) is 7.43. The Morgan fingerprint density at radius 3 is 2.93 bits per heavy atom. The predicted molar refractivity (Wildman–Crippen MR) is 60.0 cm³/mol. The Morgan fingerprint density at radius 2 is 2.33 bits per heavy atom. The normalized spacial score (nSPS) is 28.7. The summed E-state index contributed by atoms with van der Waals surface area (Å²) in [4.78, 5) is 12.9. The number of nitrogens with one attached hydrogen (secondary N) is 1. The highest BCUT2D eigenvalue weighted by Crippen LogP contribution is 2.11. The van der Waals surface area contributed by atoms with Crippen molar-refractivity contribution in [2.45, 2.75) is 45.2 Å². The predicted octanol–water partition coefficient (Wildman–Crippen LogP) is 0.923. The Morgan fingerprint density at radius 1 is 1.60 bits per heavy atom. The Labute approximate surface area is 91.6 Å². The van der Waals surface area contributed by atoms with Crippen molar-refractivity contribution in [2.24, 2.45) is 0 Å². The molecule has 1 aliphatic heterocycles. The third-order valence-corrected chi connectivity index (χ3v) is 3.19. The fourth-order valence-electron chi connectivity index (χ4n) is 2.14. The first kappa shape index (κ1) is 12.5. The minimum absolute atomic E-state index is 0.267. The number of carboxylic acid groups (broad SMARTS) is 1. The molecule has 2 atom stereocenters. The van der Waals surface area contributed by atoms with Crippen LogP contribution in [0.4, 0.5) is 0 Å². The molecule has 0 aliphatic carbocycles. The lowest BCUT2D eigenvalue weighted by molar-refractivity contribution is -0.137. The molecule has 0 radical (unpaired) electrons. The van der Waals surface area contributed by atoms with Crippen molar-refractivity contribution in [2.75, 3.05) is 19.6 Å². The second-order valence-corrected chi connectivity index (χ2v) is 4.31. The van der Waals surface area contributed by atoms with E-state index < -0.39 is 5.97 Å². The molecule has 2 unspecified atom stereocenters. The van der Waals surface area contributed by atoms with Gasteiger partial charge in [0.05, 0.1) is 0 Å². The summed E-state index contributed by atoms with van der Waals surface area (Å²) < 4.78 is 0. The molecule has 0 spiro atoms. The van der Waals surface area contributed by atoms with Crippen molar-refractivity contribution < 1.29 is 9.90 Å². The summed E-state index contributed by atoms with van der Waals surface area (Å²) in [6.07, 6.45) is 2.15. The Hall–Kier alpha value is -0.610. The van der Waals surface area contributed by atoms with E-state index >= 15 is 0 Å². The molecular formula is C11H22N2O2. The second kappa shape index (κ2) is 6.08. The number of hydrogen-bond donors (Lipinski definition) is 2. The van der Waals surface area contributed by atoms with Crippen LogP contribution in [0.15, 0.2) is 0 Å². The van der Waals surface area contributed by atoms with Crippen molar-refractivity contribution in [3.63, 3.8) is 0 Å². The van der Waals surface area contributed by atoms with Gasteiger partial charge in [-0.05, 0) is 32.9 Å². The lowest BCUT2D eigenvalue weighted by Gasteiger charge is -2.27. The number of aliphatic carboxylic acids is 1. The molecular weight excluding hydrogens is 192 g/mol. The molecule has 0 aromatic carbocycles. The molecule has 2 N–H and O–H groups in total. The van der Waals surface area contributed by atoms with Gasteiger partial charge in [-0.3, -0.25) is 9.69 Å². The molecule has 1 heterocycles. The number of rotatable bonds is 4. The quantitative estimate of drug-likeness (QED) is 0.731. The highest BCUT2D eigenvalue weighted by molar-refractivity contribution is 5.66. The summed E-state index contributed by atoms with van der Waals surface area (Å²) in [5.74, 6) is -0.697. The van der Waals surface area contributed by atoms with Crippen molar-refractivity contribution in [3.8, 4) is 0 Å². The SMILES string of the molecule is CCN1CC(CCC(=O)O)NCCC1C. The van der Waals surface area contributed by atoms with Crippen LogP contribution >= 0.6 is 0 Å². The van der Waals surface area contributed by atoms with Gasteiger partial charge in [-0.25, -0.2) is 0 Å². The maximum atomic E-state index is 10.5. The van der Waals surface area contributed by atoms with Crippen LogP contribution < -0.4 is 5.32 Å². The van der Waals surface area contributed by atoms with E-state index in [2.05, 4.69) is 24.1 Å². The second-order valence-electron chi connectivity index (χ2n) is 4.31. The topological polar surface area (TPSA) is 52.6 Å². The first-order chi connectivity index (χ1) is 7.13. The van der Waals surface area contributed by atoms with Crippen LogP contribution in [-0.4, -0.2) is 47.7 Å². The largest absolute Gasteiger partial charge is 0.481 e. The number of likely N-dealkylation sites (N-methyl/N-ethyl adjacent to an activating group) is 1. The summed E-state index contributed by atoms with van der Waals surface area (Å²) >= 11 is 0. The van der Waals surface area contributed by atoms with Crippen LogP contribution in [0.3, 0.4) is 0 Å². The van der Waals surface area contributed by atoms with Crippen molar-refractivity contribution in [1.82, 2.24) is 10.2 Å². The third-order valence-electron chi connectivity index (χ3n) is 3.19. The first-order valence-electron chi connectivity index (χ1n) is 5.82. The van der Waals surface area contributed by atoms with Crippen LogP contribution in [0.1, 0.15) is 33.1 Å². The van der Waals surface area contributed by atoms with E-state index in [1.165, 1.54) is 0 Å². The summed E-state index contributed by atoms with van der Waals surface area (Å²) in [5.41, 5.74) is 0. The number of carboxylic acids is 1. The van der Waals surface area contributed by atoms with Gasteiger partial charge in [-0.2, -0.15) is 0 Å². The molecule has 0 bridgehead atoms. The van der Waals surface area contributed by atoms with E-state index in [1.54, 1.807) is 0 Å². The summed E-state index contributed by atoms with van der Waals surface area (Å²) in [6, 6.07) is 0.948. The van der Waals surface area contributed by atoms with Gasteiger partial charge in [0.25, 0.3) is 0 Å². The molecule has 1 fully saturated rings. The van der Waals surface area contributed by atoms with Crippen molar-refractivity contribution in [3.05, 3.63) is 0 Å².